The van der Waals surface area contributed by atoms with Gasteiger partial charge in [-0.1, -0.05) is 36.4 Å². The number of carbonyl (C=O) groups is 1. The van der Waals surface area contributed by atoms with Crippen molar-refractivity contribution in [2.45, 2.75) is 6.04 Å². The molecule has 7 heteroatoms. The van der Waals surface area contributed by atoms with Crippen molar-refractivity contribution < 1.29 is 14.3 Å². The molecule has 1 amide bonds. The van der Waals surface area contributed by atoms with Gasteiger partial charge in [-0.15, -0.1) is 0 Å². The van der Waals surface area contributed by atoms with Gasteiger partial charge in [0.25, 0.3) is 5.91 Å². The summed E-state index contributed by atoms with van der Waals surface area (Å²) in [6.45, 7) is -0.125. The average Bonchev–Trinajstić information content (AvgIpc) is 3.26. The zero-order valence-electron chi connectivity index (χ0n) is 13.7. The lowest BCUT2D eigenvalue weighted by molar-refractivity contribution is -0.115. The van der Waals surface area contributed by atoms with Crippen molar-refractivity contribution in [2.24, 2.45) is 4.99 Å². The van der Waals surface area contributed by atoms with Crippen molar-refractivity contribution in [1.29, 1.82) is 0 Å². The maximum atomic E-state index is 12.2. The maximum Gasteiger partial charge on any atom is 0.276 e. The van der Waals surface area contributed by atoms with E-state index in [-0.39, 0.29) is 24.3 Å². The number of nitrogens with one attached hydrogen (secondary N) is 2. The molecule has 26 heavy (non-hydrogen) atoms. The van der Waals surface area contributed by atoms with Crippen molar-refractivity contribution in [3.63, 3.8) is 0 Å². The van der Waals surface area contributed by atoms with Gasteiger partial charge in [0.1, 0.15) is 11.2 Å². The number of aromatic nitrogens is 1. The second-order valence-electron chi connectivity index (χ2n) is 5.81. The highest BCUT2D eigenvalue weighted by molar-refractivity contribution is 6.13. The monoisotopic (exact) mass is 348 g/mol. The molecule has 0 spiro atoms. The van der Waals surface area contributed by atoms with Gasteiger partial charge in [0.2, 0.25) is 5.96 Å². The zero-order chi connectivity index (χ0) is 17.9. The van der Waals surface area contributed by atoms with Gasteiger partial charge in [0, 0.05) is 0 Å². The molecule has 0 saturated carbocycles. The lowest BCUT2D eigenvalue weighted by atomic mass is 10.1. The Bertz CT molecular complexity index is 1010. The minimum atomic E-state index is -0.361. The first-order valence-corrected chi connectivity index (χ1v) is 8.10. The fraction of sp³-hybridized carbons (Fsp3) is 0.105. The molecule has 1 aliphatic rings. The topological polar surface area (TPSA) is 99.8 Å². The third-order valence-corrected chi connectivity index (χ3v) is 4.05. The predicted octanol–water partition coefficient (Wildman–Crippen LogP) is 1.98. The Morgan fingerprint density at radius 1 is 1.23 bits per heavy atom. The molecule has 2 aromatic carbocycles. The highest BCUT2D eigenvalue weighted by Gasteiger charge is 2.22. The number of carbonyl (C=O) groups excluding carboxylic acids is 1. The van der Waals surface area contributed by atoms with Crippen molar-refractivity contribution in [1.82, 2.24) is 15.6 Å². The van der Waals surface area contributed by atoms with E-state index >= 15 is 0 Å². The molecule has 0 radical (unpaired) electrons. The number of hydrogen-bond donors (Lipinski definition) is 3. The Kier molecular flexibility index (Phi) is 4.20. The molecule has 0 fully saturated rings. The van der Waals surface area contributed by atoms with Crippen molar-refractivity contribution in [2.75, 3.05) is 6.61 Å². The Balaban J connectivity index is 1.56. The maximum absolute atomic E-state index is 12.2. The Hall–Kier alpha value is -3.45. The molecule has 0 bridgehead atoms. The second kappa shape index (κ2) is 6.81. The highest BCUT2D eigenvalue weighted by Crippen LogP contribution is 2.19. The van der Waals surface area contributed by atoms with Gasteiger partial charge < -0.3 is 14.8 Å². The molecular weight excluding hydrogens is 332 g/mol. The number of aliphatic hydroxyl groups is 1. The van der Waals surface area contributed by atoms with Crippen LogP contribution in [0.2, 0.25) is 0 Å². The molecule has 1 unspecified atom stereocenters. The van der Waals surface area contributed by atoms with E-state index in [2.05, 4.69) is 20.6 Å². The van der Waals surface area contributed by atoms with E-state index in [1.165, 1.54) is 6.39 Å². The first kappa shape index (κ1) is 16.0. The molecule has 0 aliphatic carbocycles. The summed E-state index contributed by atoms with van der Waals surface area (Å²) in [5, 5.41) is 15.4. The molecule has 1 atom stereocenters. The Labute approximate surface area is 149 Å². The number of hydrogen-bond acceptors (Lipinski definition) is 6. The predicted molar refractivity (Wildman–Crippen MR) is 97.0 cm³/mol. The normalized spacial score (nSPS) is 16.6. The van der Waals surface area contributed by atoms with Gasteiger partial charge in [0.15, 0.2) is 12.0 Å². The van der Waals surface area contributed by atoms with Gasteiger partial charge in [-0.3, -0.25) is 10.1 Å². The van der Waals surface area contributed by atoms with E-state index in [0.29, 0.717) is 11.5 Å². The van der Waals surface area contributed by atoms with E-state index in [1.54, 1.807) is 12.1 Å². The molecule has 2 heterocycles. The molecule has 0 saturated heterocycles. The number of rotatable bonds is 4. The van der Waals surface area contributed by atoms with E-state index in [0.717, 1.165) is 16.6 Å². The van der Waals surface area contributed by atoms with Crippen LogP contribution in [0.4, 0.5) is 0 Å². The van der Waals surface area contributed by atoms with Crippen LogP contribution in [-0.2, 0) is 4.79 Å². The second-order valence-corrected chi connectivity index (χ2v) is 5.81. The van der Waals surface area contributed by atoms with Crippen LogP contribution in [0.1, 0.15) is 17.2 Å². The SMILES string of the molecule is O=C1NC(NC(CO)c2ccccc2)=N/C1=C\c1ccc2ncoc2c1. The van der Waals surface area contributed by atoms with Crippen LogP contribution in [0.5, 0.6) is 0 Å². The van der Waals surface area contributed by atoms with E-state index in [4.69, 9.17) is 4.42 Å². The third kappa shape index (κ3) is 3.20. The summed E-state index contributed by atoms with van der Waals surface area (Å²) in [5.41, 5.74) is 3.36. The fourth-order valence-corrected chi connectivity index (χ4v) is 2.74. The van der Waals surface area contributed by atoms with Gasteiger partial charge in [-0.05, 0) is 29.3 Å². The van der Waals surface area contributed by atoms with E-state index < -0.39 is 0 Å². The fourth-order valence-electron chi connectivity index (χ4n) is 2.74. The number of oxazole rings is 1. The zero-order valence-corrected chi connectivity index (χ0v) is 13.7. The number of nitrogens with zero attached hydrogens (tertiary/aromatic N) is 2. The molecule has 4 rings (SSSR count). The van der Waals surface area contributed by atoms with E-state index in [9.17, 15) is 9.90 Å². The van der Waals surface area contributed by atoms with Gasteiger partial charge in [-0.2, -0.15) is 0 Å². The molecule has 3 N–H and O–H groups in total. The van der Waals surface area contributed by atoms with Crippen LogP contribution in [0, 0.1) is 0 Å². The standard InChI is InChI=1S/C19H16N4O3/c24-10-16(13-4-2-1-3-5-13)22-19-21-15(18(25)23-19)8-12-6-7-14-17(9-12)26-11-20-14/h1-9,11,16,24H,10H2,(H2,21,22,23,25)/b15-8-. The molecule has 1 aliphatic heterocycles. The Morgan fingerprint density at radius 2 is 2.08 bits per heavy atom. The van der Waals surface area contributed by atoms with Crippen LogP contribution < -0.4 is 10.6 Å². The molecule has 1 aromatic heterocycles. The summed E-state index contributed by atoms with van der Waals surface area (Å²) >= 11 is 0. The minimum absolute atomic E-state index is 0.125. The number of guanidine groups is 1. The van der Waals surface area contributed by atoms with Crippen LogP contribution in [0.25, 0.3) is 17.2 Å². The van der Waals surface area contributed by atoms with Gasteiger partial charge in [-0.25, -0.2) is 9.98 Å². The van der Waals surface area contributed by atoms with Gasteiger partial charge >= 0.3 is 0 Å². The smallest absolute Gasteiger partial charge is 0.276 e. The summed E-state index contributed by atoms with van der Waals surface area (Å²) in [4.78, 5) is 20.5. The lowest BCUT2D eigenvalue weighted by Crippen LogP contribution is -2.39. The molecule has 3 aromatic rings. The summed E-state index contributed by atoms with van der Waals surface area (Å²) in [7, 11) is 0. The molecule has 130 valence electrons. The first-order valence-electron chi connectivity index (χ1n) is 8.10. The number of aliphatic hydroxyl groups excluding tert-OH is 1. The summed E-state index contributed by atoms with van der Waals surface area (Å²) in [6.07, 6.45) is 3.05. The molecule has 7 nitrogen and oxygen atoms in total. The van der Waals surface area contributed by atoms with Crippen LogP contribution in [0.15, 0.2) is 70.0 Å². The highest BCUT2D eigenvalue weighted by atomic mass is 16.3. The molecular formula is C19H16N4O3. The number of benzene rings is 2. The summed E-state index contributed by atoms with van der Waals surface area (Å²) in [6, 6.07) is 14.6. The number of aliphatic imine (C=N–C) groups is 1. The van der Waals surface area contributed by atoms with Crippen LogP contribution >= 0.6 is 0 Å². The van der Waals surface area contributed by atoms with E-state index in [1.807, 2.05) is 42.5 Å². The first-order chi connectivity index (χ1) is 12.7. The van der Waals surface area contributed by atoms with Crippen molar-refractivity contribution in [3.8, 4) is 0 Å². The quantitative estimate of drug-likeness (QED) is 0.626. The summed E-state index contributed by atoms with van der Waals surface area (Å²) < 4.78 is 5.27. The lowest BCUT2D eigenvalue weighted by Gasteiger charge is -2.17. The Morgan fingerprint density at radius 3 is 2.88 bits per heavy atom. The number of amides is 1. The van der Waals surface area contributed by atoms with Gasteiger partial charge in [0.05, 0.1) is 12.6 Å². The number of fused-ring (bicyclic) bond motifs is 1. The third-order valence-electron chi connectivity index (χ3n) is 4.05. The van der Waals surface area contributed by atoms with Crippen LogP contribution in [-0.4, -0.2) is 28.6 Å². The largest absolute Gasteiger partial charge is 0.443 e. The van der Waals surface area contributed by atoms with Crippen LogP contribution in [0.3, 0.4) is 0 Å². The summed E-state index contributed by atoms with van der Waals surface area (Å²) in [5.74, 6) is -0.000172. The van der Waals surface area contributed by atoms with Crippen molar-refractivity contribution >= 4 is 29.0 Å². The average molecular weight is 348 g/mol. The minimum Gasteiger partial charge on any atom is -0.443 e. The van der Waals surface area contributed by atoms with Crippen molar-refractivity contribution in [3.05, 3.63) is 71.7 Å².